The average molecular weight is 292 g/mol. The number of alkyl halides is 3. The molecule has 1 aromatic rings. The lowest BCUT2D eigenvalue weighted by atomic mass is 10.1. The molecule has 112 valence electrons. The maximum Gasteiger partial charge on any atom is 0.416 e. The molecule has 0 fully saturated rings. The molecule has 0 aliphatic carbocycles. The highest BCUT2D eigenvalue weighted by molar-refractivity contribution is 5.62. The Labute approximate surface area is 113 Å². The second-order valence-electron chi connectivity index (χ2n) is 3.96. The topological polar surface area (TPSA) is 64.4 Å². The Kier molecular flexibility index (Phi) is 5.75. The number of nitrogens with one attached hydrogen (secondary N) is 1. The van der Waals surface area contributed by atoms with E-state index >= 15 is 0 Å². The van der Waals surface area contributed by atoms with E-state index in [2.05, 4.69) is 5.32 Å². The first-order chi connectivity index (χ1) is 9.36. The fraction of sp³-hybridized carbons (Fsp3) is 0.500. The first-order valence-electron chi connectivity index (χ1n) is 6.03. The van der Waals surface area contributed by atoms with E-state index in [4.69, 9.17) is 4.74 Å². The number of benzene rings is 1. The number of nitro groups is 1. The SMILES string of the molecule is CCOCCCNc1ccc(C(F)(F)F)cc1[N+](=O)[O-]. The van der Waals surface area contributed by atoms with Crippen LogP contribution >= 0.6 is 0 Å². The molecule has 1 rings (SSSR count). The molecule has 0 aliphatic rings. The minimum Gasteiger partial charge on any atom is -0.382 e. The van der Waals surface area contributed by atoms with Crippen LogP contribution in [0.4, 0.5) is 24.5 Å². The van der Waals surface area contributed by atoms with Crippen molar-refractivity contribution in [3.05, 3.63) is 33.9 Å². The van der Waals surface area contributed by atoms with Gasteiger partial charge in [0.2, 0.25) is 0 Å². The molecule has 0 saturated carbocycles. The zero-order valence-electron chi connectivity index (χ0n) is 10.9. The molecule has 0 amide bonds. The van der Waals surface area contributed by atoms with Crippen molar-refractivity contribution in [2.24, 2.45) is 0 Å². The molecule has 0 atom stereocenters. The molecule has 0 spiro atoms. The monoisotopic (exact) mass is 292 g/mol. The van der Waals surface area contributed by atoms with Gasteiger partial charge in [-0.2, -0.15) is 13.2 Å². The Morgan fingerprint density at radius 1 is 1.40 bits per heavy atom. The number of anilines is 1. The van der Waals surface area contributed by atoms with Crippen LogP contribution < -0.4 is 5.32 Å². The maximum absolute atomic E-state index is 12.5. The molecule has 0 aromatic heterocycles. The fourth-order valence-electron chi connectivity index (χ4n) is 1.55. The lowest BCUT2D eigenvalue weighted by molar-refractivity contribution is -0.384. The van der Waals surface area contributed by atoms with Crippen molar-refractivity contribution < 1.29 is 22.8 Å². The molecule has 1 aromatic carbocycles. The Balaban J connectivity index is 2.78. The molecule has 5 nitrogen and oxygen atoms in total. The minimum absolute atomic E-state index is 0.0690. The van der Waals surface area contributed by atoms with Crippen LogP contribution in [0.25, 0.3) is 0 Å². The van der Waals surface area contributed by atoms with Gasteiger partial charge in [0.15, 0.2) is 0 Å². The van der Waals surface area contributed by atoms with Gasteiger partial charge in [-0.05, 0) is 25.5 Å². The maximum atomic E-state index is 12.5. The molecule has 0 aliphatic heterocycles. The van der Waals surface area contributed by atoms with Crippen molar-refractivity contribution in [2.75, 3.05) is 25.1 Å². The van der Waals surface area contributed by atoms with Crippen molar-refractivity contribution in [2.45, 2.75) is 19.5 Å². The van der Waals surface area contributed by atoms with Crippen molar-refractivity contribution in [3.8, 4) is 0 Å². The first-order valence-corrected chi connectivity index (χ1v) is 6.03. The molecule has 0 unspecified atom stereocenters. The van der Waals surface area contributed by atoms with Crippen LogP contribution in [0.15, 0.2) is 18.2 Å². The van der Waals surface area contributed by atoms with Gasteiger partial charge in [0.25, 0.3) is 5.69 Å². The summed E-state index contributed by atoms with van der Waals surface area (Å²) in [7, 11) is 0. The second-order valence-corrected chi connectivity index (χ2v) is 3.96. The smallest absolute Gasteiger partial charge is 0.382 e. The van der Waals surface area contributed by atoms with Gasteiger partial charge in [0.1, 0.15) is 5.69 Å². The number of rotatable bonds is 7. The van der Waals surface area contributed by atoms with Crippen molar-refractivity contribution in [1.29, 1.82) is 0 Å². The van der Waals surface area contributed by atoms with Gasteiger partial charge in [-0.1, -0.05) is 0 Å². The van der Waals surface area contributed by atoms with Crippen LogP contribution in [0.5, 0.6) is 0 Å². The Morgan fingerprint density at radius 3 is 2.65 bits per heavy atom. The van der Waals surface area contributed by atoms with Crippen LogP contribution in [0.1, 0.15) is 18.9 Å². The largest absolute Gasteiger partial charge is 0.416 e. The summed E-state index contributed by atoms with van der Waals surface area (Å²) in [5.74, 6) is 0. The molecule has 0 bridgehead atoms. The Hall–Kier alpha value is -1.83. The molecular weight excluding hydrogens is 277 g/mol. The Bertz CT molecular complexity index is 464. The number of ether oxygens (including phenoxy) is 1. The Morgan fingerprint density at radius 2 is 2.10 bits per heavy atom. The summed E-state index contributed by atoms with van der Waals surface area (Å²) >= 11 is 0. The summed E-state index contributed by atoms with van der Waals surface area (Å²) in [5.41, 5.74) is -1.56. The molecule has 0 saturated heterocycles. The molecule has 20 heavy (non-hydrogen) atoms. The van der Waals surface area contributed by atoms with Gasteiger partial charge in [-0.25, -0.2) is 0 Å². The summed E-state index contributed by atoms with van der Waals surface area (Å²) < 4.78 is 42.6. The van der Waals surface area contributed by atoms with E-state index in [-0.39, 0.29) is 5.69 Å². The van der Waals surface area contributed by atoms with Crippen molar-refractivity contribution in [3.63, 3.8) is 0 Å². The molecule has 0 radical (unpaired) electrons. The predicted octanol–water partition coefficient (Wildman–Crippen LogP) is 3.45. The van der Waals surface area contributed by atoms with Crippen molar-refractivity contribution in [1.82, 2.24) is 0 Å². The summed E-state index contributed by atoms with van der Waals surface area (Å²) in [6.07, 6.45) is -4.00. The number of nitrogens with zero attached hydrogens (tertiary/aromatic N) is 1. The number of nitro benzene ring substituents is 1. The third kappa shape index (κ3) is 4.69. The van der Waals surface area contributed by atoms with E-state index in [1.807, 2.05) is 6.92 Å². The fourth-order valence-corrected chi connectivity index (χ4v) is 1.55. The van der Waals surface area contributed by atoms with E-state index < -0.39 is 22.4 Å². The van der Waals surface area contributed by atoms with E-state index in [0.29, 0.717) is 32.2 Å². The quantitative estimate of drug-likeness (QED) is 0.475. The highest BCUT2D eigenvalue weighted by atomic mass is 19.4. The van der Waals surface area contributed by atoms with Gasteiger partial charge in [-0.15, -0.1) is 0 Å². The zero-order chi connectivity index (χ0) is 15.2. The normalized spacial score (nSPS) is 11.4. The number of hydrogen-bond donors (Lipinski definition) is 1. The third-order valence-electron chi connectivity index (χ3n) is 2.51. The molecule has 8 heteroatoms. The summed E-state index contributed by atoms with van der Waals surface area (Å²) in [6, 6.07) is 2.42. The summed E-state index contributed by atoms with van der Waals surface area (Å²) in [4.78, 5) is 9.98. The van der Waals surface area contributed by atoms with Crippen LogP contribution in [0, 0.1) is 10.1 Å². The van der Waals surface area contributed by atoms with Gasteiger partial charge >= 0.3 is 6.18 Å². The van der Waals surface area contributed by atoms with Crippen molar-refractivity contribution >= 4 is 11.4 Å². The van der Waals surface area contributed by atoms with E-state index in [1.165, 1.54) is 0 Å². The summed E-state index contributed by atoms with van der Waals surface area (Å²) in [5, 5.41) is 13.6. The lowest BCUT2D eigenvalue weighted by Gasteiger charge is -2.10. The predicted molar refractivity (Wildman–Crippen MR) is 67.7 cm³/mol. The van der Waals surface area contributed by atoms with E-state index in [9.17, 15) is 23.3 Å². The molecule has 1 N–H and O–H groups in total. The summed E-state index contributed by atoms with van der Waals surface area (Å²) in [6.45, 7) is 3.28. The zero-order valence-corrected chi connectivity index (χ0v) is 10.9. The van der Waals surface area contributed by atoms with Crippen LogP contribution in [-0.4, -0.2) is 24.7 Å². The van der Waals surface area contributed by atoms with Gasteiger partial charge in [0.05, 0.1) is 10.5 Å². The number of hydrogen-bond acceptors (Lipinski definition) is 4. The molecule has 0 heterocycles. The van der Waals surface area contributed by atoms with Gasteiger partial charge < -0.3 is 10.1 Å². The van der Waals surface area contributed by atoms with Crippen LogP contribution in [0.3, 0.4) is 0 Å². The lowest BCUT2D eigenvalue weighted by Crippen LogP contribution is -2.10. The van der Waals surface area contributed by atoms with E-state index in [0.717, 1.165) is 12.1 Å². The molecular formula is C12H15F3N2O3. The first kappa shape index (κ1) is 16.2. The van der Waals surface area contributed by atoms with Crippen LogP contribution in [-0.2, 0) is 10.9 Å². The van der Waals surface area contributed by atoms with E-state index in [1.54, 1.807) is 0 Å². The highest BCUT2D eigenvalue weighted by Gasteiger charge is 2.32. The number of halogens is 3. The standard InChI is InChI=1S/C12H15F3N2O3/c1-2-20-7-3-6-16-10-5-4-9(12(13,14)15)8-11(10)17(18)19/h4-5,8,16H,2-3,6-7H2,1H3. The average Bonchev–Trinajstić information content (AvgIpc) is 2.37. The third-order valence-corrected chi connectivity index (χ3v) is 2.51. The van der Waals surface area contributed by atoms with Gasteiger partial charge in [-0.3, -0.25) is 10.1 Å². The highest BCUT2D eigenvalue weighted by Crippen LogP contribution is 2.34. The second kappa shape index (κ2) is 7.09. The minimum atomic E-state index is -4.60. The van der Waals surface area contributed by atoms with Gasteiger partial charge in [0, 0.05) is 25.8 Å². The van der Waals surface area contributed by atoms with Crippen LogP contribution in [0.2, 0.25) is 0 Å².